The molecule has 1 nitrogen and oxygen atoms in total. The van der Waals surface area contributed by atoms with E-state index >= 15 is 0 Å². The molecule has 0 aliphatic heterocycles. The predicted octanol–water partition coefficient (Wildman–Crippen LogP) is 6.72. The van der Waals surface area contributed by atoms with E-state index in [2.05, 4.69) is 72.8 Å². The van der Waals surface area contributed by atoms with E-state index in [1.165, 1.54) is 11.1 Å². The quantitative estimate of drug-likeness (QED) is 0.352. The molecule has 0 saturated carbocycles. The van der Waals surface area contributed by atoms with E-state index in [1.54, 1.807) is 0 Å². The van der Waals surface area contributed by atoms with Crippen molar-refractivity contribution in [2.75, 3.05) is 0 Å². The summed E-state index contributed by atoms with van der Waals surface area (Å²) in [7, 11) is 0. The Morgan fingerprint density at radius 1 is 0.600 bits per heavy atom. The first-order chi connectivity index (χ1) is 12.4. The van der Waals surface area contributed by atoms with Crippen molar-refractivity contribution in [3.63, 3.8) is 0 Å². The zero-order chi connectivity index (χ0) is 16.6. The topological polar surface area (TPSA) is 13.1 Å². The first kappa shape index (κ1) is 14.1. The highest BCUT2D eigenvalue weighted by atomic mass is 16.3. The zero-order valence-electron chi connectivity index (χ0n) is 13.6. The maximum absolute atomic E-state index is 6.09. The molecule has 1 heteroatoms. The SMILES string of the molecule is [c]1ccc2oc3ccc(-c4ccccc4)cc3c2c1-c1ccccc1. The molecule has 0 aliphatic carbocycles. The van der Waals surface area contributed by atoms with Gasteiger partial charge in [0.1, 0.15) is 11.2 Å². The number of benzene rings is 4. The predicted molar refractivity (Wildman–Crippen MR) is 103 cm³/mol. The van der Waals surface area contributed by atoms with Gasteiger partial charge in [-0.05, 0) is 47.0 Å². The summed E-state index contributed by atoms with van der Waals surface area (Å²) in [5.41, 5.74) is 6.45. The number of furan rings is 1. The van der Waals surface area contributed by atoms with Crippen LogP contribution in [0.1, 0.15) is 0 Å². The third-order valence-electron chi connectivity index (χ3n) is 4.60. The standard InChI is InChI=1S/C24H15O/c1-3-8-17(9-4-1)19-14-15-22-21(16-19)24-20(12-7-13-23(24)25-22)18-10-5-2-6-11-18/h1-11,13-16H. The summed E-state index contributed by atoms with van der Waals surface area (Å²) < 4.78 is 6.09. The lowest BCUT2D eigenvalue weighted by molar-refractivity contribution is 0.669. The van der Waals surface area contributed by atoms with Crippen LogP contribution in [0.15, 0.2) is 95.4 Å². The average molecular weight is 319 g/mol. The Balaban J connectivity index is 1.83. The molecule has 0 fully saturated rings. The van der Waals surface area contributed by atoms with E-state index in [1.807, 2.05) is 24.3 Å². The van der Waals surface area contributed by atoms with E-state index < -0.39 is 0 Å². The second-order valence-electron chi connectivity index (χ2n) is 6.14. The number of hydrogen-bond acceptors (Lipinski definition) is 1. The van der Waals surface area contributed by atoms with Crippen molar-refractivity contribution in [3.8, 4) is 22.3 Å². The largest absolute Gasteiger partial charge is 0.456 e. The highest BCUT2D eigenvalue weighted by molar-refractivity contribution is 6.13. The number of hydrogen-bond donors (Lipinski definition) is 0. The lowest BCUT2D eigenvalue weighted by Gasteiger charge is -2.04. The Kier molecular flexibility index (Phi) is 3.17. The Hall–Kier alpha value is -3.32. The molecule has 0 saturated heterocycles. The minimum atomic E-state index is 0.901. The molecule has 0 unspecified atom stereocenters. The molecule has 1 heterocycles. The maximum atomic E-state index is 6.09. The molecule has 5 rings (SSSR count). The fourth-order valence-electron chi connectivity index (χ4n) is 3.41. The van der Waals surface area contributed by atoms with Crippen molar-refractivity contribution in [3.05, 3.63) is 97.1 Å². The van der Waals surface area contributed by atoms with Crippen LogP contribution in [0.2, 0.25) is 0 Å². The van der Waals surface area contributed by atoms with Crippen LogP contribution >= 0.6 is 0 Å². The number of rotatable bonds is 2. The van der Waals surface area contributed by atoms with E-state index in [9.17, 15) is 0 Å². The fraction of sp³-hybridized carbons (Fsp3) is 0. The van der Waals surface area contributed by atoms with Gasteiger partial charge in [0.25, 0.3) is 0 Å². The molecule has 0 bridgehead atoms. The smallest absolute Gasteiger partial charge is 0.136 e. The fourth-order valence-corrected chi connectivity index (χ4v) is 3.41. The molecule has 25 heavy (non-hydrogen) atoms. The van der Waals surface area contributed by atoms with Gasteiger partial charge in [-0.3, -0.25) is 0 Å². The zero-order valence-corrected chi connectivity index (χ0v) is 13.6. The van der Waals surface area contributed by atoms with Crippen LogP contribution < -0.4 is 0 Å². The highest BCUT2D eigenvalue weighted by Crippen LogP contribution is 2.37. The molecular formula is C24H15O. The van der Waals surface area contributed by atoms with E-state index in [0.29, 0.717) is 0 Å². The Morgan fingerprint density at radius 3 is 2.08 bits per heavy atom. The third-order valence-corrected chi connectivity index (χ3v) is 4.60. The second-order valence-corrected chi connectivity index (χ2v) is 6.14. The monoisotopic (exact) mass is 319 g/mol. The normalized spacial score (nSPS) is 11.2. The molecule has 1 aromatic heterocycles. The molecule has 0 N–H and O–H groups in total. The molecule has 0 spiro atoms. The van der Waals surface area contributed by atoms with E-state index in [-0.39, 0.29) is 0 Å². The molecule has 0 atom stereocenters. The van der Waals surface area contributed by atoms with Gasteiger partial charge in [-0.15, -0.1) is 0 Å². The maximum Gasteiger partial charge on any atom is 0.136 e. The van der Waals surface area contributed by atoms with Crippen molar-refractivity contribution in [2.45, 2.75) is 0 Å². The second kappa shape index (κ2) is 5.64. The van der Waals surface area contributed by atoms with Gasteiger partial charge < -0.3 is 4.42 Å². The van der Waals surface area contributed by atoms with Crippen LogP contribution in [0.25, 0.3) is 44.2 Å². The van der Waals surface area contributed by atoms with Gasteiger partial charge in [0.05, 0.1) is 0 Å². The van der Waals surface area contributed by atoms with Crippen LogP contribution in [-0.2, 0) is 0 Å². The van der Waals surface area contributed by atoms with Crippen molar-refractivity contribution in [2.24, 2.45) is 0 Å². The molecular weight excluding hydrogens is 304 g/mol. The van der Waals surface area contributed by atoms with Crippen molar-refractivity contribution >= 4 is 21.9 Å². The van der Waals surface area contributed by atoms with Crippen LogP contribution in [0.3, 0.4) is 0 Å². The summed E-state index contributed by atoms with van der Waals surface area (Å²) in [5, 5.41) is 2.26. The van der Waals surface area contributed by atoms with Gasteiger partial charge in [0.15, 0.2) is 0 Å². The lowest BCUT2D eigenvalue weighted by atomic mass is 9.97. The highest BCUT2D eigenvalue weighted by Gasteiger charge is 2.13. The van der Waals surface area contributed by atoms with Gasteiger partial charge in [-0.1, -0.05) is 66.7 Å². The van der Waals surface area contributed by atoms with E-state index in [0.717, 1.165) is 33.1 Å². The summed E-state index contributed by atoms with van der Waals surface area (Å²) in [6.45, 7) is 0. The summed E-state index contributed by atoms with van der Waals surface area (Å²) in [4.78, 5) is 0. The Bertz CT molecular complexity index is 1170. The van der Waals surface area contributed by atoms with Gasteiger partial charge in [-0.2, -0.15) is 0 Å². The Morgan fingerprint density at radius 2 is 1.32 bits per heavy atom. The van der Waals surface area contributed by atoms with Gasteiger partial charge in [0, 0.05) is 16.3 Å². The minimum absolute atomic E-state index is 0.901. The first-order valence-corrected chi connectivity index (χ1v) is 8.38. The van der Waals surface area contributed by atoms with Crippen LogP contribution in [0, 0.1) is 6.07 Å². The van der Waals surface area contributed by atoms with Crippen molar-refractivity contribution in [1.82, 2.24) is 0 Å². The van der Waals surface area contributed by atoms with Crippen molar-refractivity contribution in [1.29, 1.82) is 0 Å². The molecule has 4 aromatic carbocycles. The lowest BCUT2D eigenvalue weighted by Crippen LogP contribution is -1.80. The molecule has 0 aliphatic rings. The molecule has 0 amide bonds. The third kappa shape index (κ3) is 2.33. The summed E-state index contributed by atoms with van der Waals surface area (Å²) in [5.74, 6) is 0. The molecule has 1 radical (unpaired) electrons. The van der Waals surface area contributed by atoms with Crippen LogP contribution in [0.4, 0.5) is 0 Å². The molecule has 5 aromatic rings. The summed E-state index contributed by atoms with van der Waals surface area (Å²) in [6.07, 6.45) is 0. The Labute approximate surface area is 146 Å². The van der Waals surface area contributed by atoms with Crippen LogP contribution in [-0.4, -0.2) is 0 Å². The first-order valence-electron chi connectivity index (χ1n) is 8.38. The van der Waals surface area contributed by atoms with Gasteiger partial charge in [-0.25, -0.2) is 0 Å². The average Bonchev–Trinajstić information content (AvgIpc) is 3.07. The van der Waals surface area contributed by atoms with Crippen LogP contribution in [0.5, 0.6) is 0 Å². The molecule has 117 valence electrons. The van der Waals surface area contributed by atoms with Gasteiger partial charge >= 0.3 is 0 Å². The minimum Gasteiger partial charge on any atom is -0.456 e. The van der Waals surface area contributed by atoms with Crippen molar-refractivity contribution < 1.29 is 4.42 Å². The number of fused-ring (bicyclic) bond motifs is 3. The summed E-state index contributed by atoms with van der Waals surface area (Å²) >= 11 is 0. The van der Waals surface area contributed by atoms with Gasteiger partial charge in [0.2, 0.25) is 0 Å². The summed E-state index contributed by atoms with van der Waals surface area (Å²) in [6, 6.07) is 34.5. The van der Waals surface area contributed by atoms with E-state index in [4.69, 9.17) is 4.42 Å².